The fourth-order valence-corrected chi connectivity index (χ4v) is 2.98. The highest BCUT2D eigenvalue weighted by molar-refractivity contribution is 5.73. The zero-order valence-corrected chi connectivity index (χ0v) is 14.3. The van der Waals surface area contributed by atoms with Gasteiger partial charge in [0.15, 0.2) is 5.65 Å². The van der Waals surface area contributed by atoms with E-state index in [-0.39, 0.29) is 0 Å². The van der Waals surface area contributed by atoms with Crippen LogP contribution in [0.4, 0.5) is 0 Å². The molecular weight excluding hydrogens is 298 g/mol. The van der Waals surface area contributed by atoms with E-state index in [0.29, 0.717) is 0 Å². The second-order valence-electron chi connectivity index (χ2n) is 5.97. The first-order valence-corrected chi connectivity index (χ1v) is 8.18. The lowest BCUT2D eigenvalue weighted by Crippen LogP contribution is -1.98. The molecule has 2 aromatic heterocycles. The predicted molar refractivity (Wildman–Crippen MR) is 96.2 cm³/mol. The normalized spacial score (nSPS) is 11.5. The summed E-state index contributed by atoms with van der Waals surface area (Å²) in [6, 6.07) is 10.3. The highest BCUT2D eigenvalue weighted by Crippen LogP contribution is 2.21. The summed E-state index contributed by atoms with van der Waals surface area (Å²) in [6.45, 7) is 6.20. The van der Waals surface area contributed by atoms with Gasteiger partial charge in [-0.3, -0.25) is 4.79 Å². The maximum absolute atomic E-state index is 10.4. The monoisotopic (exact) mass is 319 g/mol. The molecule has 0 saturated carbocycles. The van der Waals surface area contributed by atoms with Crippen molar-refractivity contribution in [3.05, 3.63) is 70.2 Å². The summed E-state index contributed by atoms with van der Waals surface area (Å²) in [5, 5.41) is 4.73. The summed E-state index contributed by atoms with van der Waals surface area (Å²) in [6.07, 6.45) is 5.79. The van der Waals surface area contributed by atoms with Crippen LogP contribution in [0.3, 0.4) is 0 Å². The molecule has 0 radical (unpaired) electrons. The van der Waals surface area contributed by atoms with Crippen molar-refractivity contribution in [3.8, 4) is 0 Å². The van der Waals surface area contributed by atoms with Crippen molar-refractivity contribution in [2.24, 2.45) is 0 Å². The Morgan fingerprint density at radius 3 is 2.58 bits per heavy atom. The number of allylic oxidation sites excluding steroid dienone is 1. The van der Waals surface area contributed by atoms with Gasteiger partial charge in [-0.2, -0.15) is 5.10 Å². The van der Waals surface area contributed by atoms with E-state index in [1.54, 1.807) is 6.08 Å². The molecule has 0 unspecified atom stereocenters. The lowest BCUT2D eigenvalue weighted by atomic mass is 10.0. The molecule has 3 rings (SSSR count). The highest BCUT2D eigenvalue weighted by atomic mass is 16.1. The van der Waals surface area contributed by atoms with Crippen molar-refractivity contribution in [3.63, 3.8) is 0 Å². The molecule has 0 N–H and O–H groups in total. The van der Waals surface area contributed by atoms with Crippen molar-refractivity contribution in [1.29, 1.82) is 0 Å². The SMILES string of the molecule is CCc1nn2c(C)cc(C)nc2c1Cc1ccc(C=CC=O)cc1. The fourth-order valence-electron chi connectivity index (χ4n) is 2.98. The number of aryl methyl sites for hydroxylation is 3. The molecule has 0 aliphatic heterocycles. The number of aldehydes is 1. The molecule has 4 heteroatoms. The van der Waals surface area contributed by atoms with E-state index in [9.17, 15) is 4.79 Å². The molecule has 4 nitrogen and oxygen atoms in total. The molecule has 1 aromatic carbocycles. The third kappa shape index (κ3) is 3.13. The number of nitrogens with zero attached hydrogens (tertiary/aromatic N) is 3. The molecule has 0 amide bonds. The average molecular weight is 319 g/mol. The van der Waals surface area contributed by atoms with Crippen molar-refractivity contribution in [2.45, 2.75) is 33.6 Å². The van der Waals surface area contributed by atoms with E-state index in [1.165, 1.54) is 17.2 Å². The third-order valence-corrected chi connectivity index (χ3v) is 4.14. The van der Waals surface area contributed by atoms with Gasteiger partial charge in [0.1, 0.15) is 6.29 Å². The highest BCUT2D eigenvalue weighted by Gasteiger charge is 2.15. The Morgan fingerprint density at radius 1 is 1.17 bits per heavy atom. The van der Waals surface area contributed by atoms with Crippen LogP contribution in [0, 0.1) is 13.8 Å². The minimum absolute atomic E-state index is 0.788. The lowest BCUT2D eigenvalue weighted by molar-refractivity contribution is -0.104. The standard InChI is InChI=1S/C20H21N3O/c1-4-19-18(20-21-14(2)12-15(3)23(20)22-19)13-17-9-7-16(8-10-17)6-5-11-24/h5-12H,4,13H2,1-3H3. The molecule has 0 aliphatic rings. The van der Waals surface area contributed by atoms with E-state index in [2.05, 4.69) is 32.0 Å². The van der Waals surface area contributed by atoms with Crippen LogP contribution in [-0.4, -0.2) is 20.9 Å². The number of fused-ring (bicyclic) bond motifs is 1. The first kappa shape index (κ1) is 16.1. The smallest absolute Gasteiger partial charge is 0.159 e. The zero-order valence-electron chi connectivity index (χ0n) is 14.3. The molecule has 0 fully saturated rings. The van der Waals surface area contributed by atoms with Crippen LogP contribution < -0.4 is 0 Å². The summed E-state index contributed by atoms with van der Waals surface area (Å²) in [5.41, 5.74) is 7.59. The van der Waals surface area contributed by atoms with Crippen LogP contribution in [0.25, 0.3) is 11.7 Å². The summed E-state index contributed by atoms with van der Waals surface area (Å²) >= 11 is 0. The van der Waals surface area contributed by atoms with E-state index >= 15 is 0 Å². The van der Waals surface area contributed by atoms with Gasteiger partial charge in [0, 0.05) is 23.4 Å². The Hall–Kier alpha value is -2.75. The van der Waals surface area contributed by atoms with Gasteiger partial charge < -0.3 is 0 Å². The lowest BCUT2D eigenvalue weighted by Gasteiger charge is -2.04. The number of hydrogen-bond donors (Lipinski definition) is 0. The van der Waals surface area contributed by atoms with Crippen molar-refractivity contribution in [2.75, 3.05) is 0 Å². The van der Waals surface area contributed by atoms with E-state index in [0.717, 1.165) is 47.4 Å². The minimum Gasteiger partial charge on any atom is -0.299 e. The summed E-state index contributed by atoms with van der Waals surface area (Å²) < 4.78 is 1.95. The van der Waals surface area contributed by atoms with Crippen molar-refractivity contribution in [1.82, 2.24) is 14.6 Å². The summed E-state index contributed by atoms with van der Waals surface area (Å²) in [5.74, 6) is 0. The summed E-state index contributed by atoms with van der Waals surface area (Å²) in [4.78, 5) is 15.1. The van der Waals surface area contributed by atoms with E-state index in [4.69, 9.17) is 10.1 Å². The quantitative estimate of drug-likeness (QED) is 0.532. The Kier molecular flexibility index (Phi) is 4.56. The Bertz CT molecular complexity index is 905. The molecule has 2 heterocycles. The maximum atomic E-state index is 10.4. The summed E-state index contributed by atoms with van der Waals surface area (Å²) in [7, 11) is 0. The number of carbonyl (C=O) groups excluding carboxylic acids is 1. The average Bonchev–Trinajstić information content (AvgIpc) is 2.92. The second-order valence-corrected chi connectivity index (χ2v) is 5.97. The predicted octanol–water partition coefficient (Wildman–Crippen LogP) is 3.71. The van der Waals surface area contributed by atoms with Gasteiger partial charge in [0.25, 0.3) is 0 Å². The third-order valence-electron chi connectivity index (χ3n) is 4.14. The van der Waals surface area contributed by atoms with Gasteiger partial charge in [-0.15, -0.1) is 0 Å². The zero-order chi connectivity index (χ0) is 17.1. The topological polar surface area (TPSA) is 47.3 Å². The molecule has 0 aliphatic carbocycles. The van der Waals surface area contributed by atoms with Gasteiger partial charge in [-0.1, -0.05) is 37.3 Å². The van der Waals surface area contributed by atoms with Crippen LogP contribution >= 0.6 is 0 Å². The number of hydrogen-bond acceptors (Lipinski definition) is 3. The van der Waals surface area contributed by atoms with E-state index in [1.807, 2.05) is 23.6 Å². The van der Waals surface area contributed by atoms with Gasteiger partial charge in [0.05, 0.1) is 5.69 Å². The van der Waals surface area contributed by atoms with Gasteiger partial charge in [-0.25, -0.2) is 9.50 Å². The number of benzene rings is 1. The molecule has 0 atom stereocenters. The molecule has 122 valence electrons. The van der Waals surface area contributed by atoms with Gasteiger partial charge in [-0.05, 0) is 43.5 Å². The molecule has 3 aromatic rings. The second kappa shape index (κ2) is 6.79. The molecule has 0 bridgehead atoms. The van der Waals surface area contributed by atoms with Gasteiger partial charge in [0.2, 0.25) is 0 Å². The molecular formula is C20H21N3O. The largest absolute Gasteiger partial charge is 0.299 e. The van der Waals surface area contributed by atoms with Crippen molar-refractivity contribution >= 4 is 18.0 Å². The van der Waals surface area contributed by atoms with Crippen LogP contribution in [0.2, 0.25) is 0 Å². The van der Waals surface area contributed by atoms with E-state index < -0.39 is 0 Å². The number of carbonyl (C=O) groups is 1. The van der Waals surface area contributed by atoms with Crippen LogP contribution in [0.15, 0.2) is 36.4 Å². The number of rotatable bonds is 5. The molecule has 24 heavy (non-hydrogen) atoms. The number of aromatic nitrogens is 3. The van der Waals surface area contributed by atoms with Gasteiger partial charge >= 0.3 is 0 Å². The Balaban J connectivity index is 2.00. The molecule has 0 spiro atoms. The maximum Gasteiger partial charge on any atom is 0.159 e. The van der Waals surface area contributed by atoms with Crippen LogP contribution in [0.5, 0.6) is 0 Å². The first-order chi connectivity index (χ1) is 11.6. The fraction of sp³-hybridized carbons (Fsp3) is 0.250. The Morgan fingerprint density at radius 2 is 1.92 bits per heavy atom. The molecule has 0 saturated heterocycles. The van der Waals surface area contributed by atoms with Crippen LogP contribution in [0.1, 0.15) is 40.7 Å². The first-order valence-electron chi connectivity index (χ1n) is 8.18. The minimum atomic E-state index is 0.788. The van der Waals surface area contributed by atoms with Crippen molar-refractivity contribution < 1.29 is 4.79 Å². The van der Waals surface area contributed by atoms with Crippen LogP contribution in [-0.2, 0) is 17.6 Å². The Labute approximate surface area is 141 Å².